The average molecular weight is 283 g/mol. The van der Waals surface area contributed by atoms with Crippen molar-refractivity contribution in [3.05, 3.63) is 57.8 Å². The second-order valence-electron chi connectivity index (χ2n) is 3.84. The summed E-state index contributed by atoms with van der Waals surface area (Å²) in [6, 6.07) is 6.67. The summed E-state index contributed by atoms with van der Waals surface area (Å²) in [5, 5.41) is 13.9. The Bertz CT molecular complexity index is 552. The van der Waals surface area contributed by atoms with Gasteiger partial charge in [-0.05, 0) is 23.6 Å². The van der Waals surface area contributed by atoms with Crippen LogP contribution in [0.25, 0.3) is 0 Å². The minimum Gasteiger partial charge on any atom is -0.386 e. The highest BCUT2D eigenvalue weighted by Crippen LogP contribution is 2.20. The Labute approximate surface area is 112 Å². The Morgan fingerprint density at radius 2 is 1.95 bits per heavy atom. The van der Waals surface area contributed by atoms with E-state index in [9.17, 15) is 18.7 Å². The van der Waals surface area contributed by atoms with E-state index in [1.807, 2.05) is 0 Å². The molecule has 100 valence electrons. The Morgan fingerprint density at radius 1 is 1.26 bits per heavy atom. The van der Waals surface area contributed by atoms with Gasteiger partial charge in [-0.3, -0.25) is 4.79 Å². The highest BCUT2D eigenvalue weighted by molar-refractivity contribution is 7.12. The molecule has 2 rings (SSSR count). The number of thiophene rings is 1. The van der Waals surface area contributed by atoms with Crippen LogP contribution in [0.4, 0.5) is 8.78 Å². The van der Waals surface area contributed by atoms with Gasteiger partial charge >= 0.3 is 0 Å². The number of nitrogens with one attached hydrogen (secondary N) is 1. The lowest BCUT2D eigenvalue weighted by atomic mass is 10.1. The Kier molecular flexibility index (Phi) is 4.24. The average Bonchev–Trinajstić information content (AvgIpc) is 2.89. The van der Waals surface area contributed by atoms with Crippen LogP contribution in [0.1, 0.15) is 21.3 Å². The number of hydrogen-bond donors (Lipinski definition) is 2. The van der Waals surface area contributed by atoms with Crippen molar-refractivity contribution < 1.29 is 18.7 Å². The van der Waals surface area contributed by atoms with E-state index < -0.39 is 23.3 Å². The number of benzene rings is 1. The summed E-state index contributed by atoms with van der Waals surface area (Å²) < 4.78 is 26.8. The van der Waals surface area contributed by atoms with Crippen LogP contribution in [-0.4, -0.2) is 17.6 Å². The quantitative estimate of drug-likeness (QED) is 0.905. The first-order valence-corrected chi connectivity index (χ1v) is 6.41. The summed E-state index contributed by atoms with van der Waals surface area (Å²) in [5.74, 6) is -2.05. The topological polar surface area (TPSA) is 49.3 Å². The lowest BCUT2D eigenvalue weighted by molar-refractivity contribution is 0.0915. The normalized spacial score (nSPS) is 12.2. The fourth-order valence-corrected chi connectivity index (χ4v) is 2.26. The monoisotopic (exact) mass is 283 g/mol. The summed E-state index contributed by atoms with van der Waals surface area (Å²) in [4.78, 5) is 12.1. The van der Waals surface area contributed by atoms with Crippen LogP contribution in [-0.2, 0) is 0 Å². The van der Waals surface area contributed by atoms with Gasteiger partial charge in [0.05, 0.1) is 10.4 Å². The smallest absolute Gasteiger partial charge is 0.261 e. The van der Waals surface area contributed by atoms with E-state index in [0.29, 0.717) is 4.88 Å². The fraction of sp³-hybridized carbons (Fsp3) is 0.154. The molecule has 0 aliphatic heterocycles. The molecular weight excluding hydrogens is 272 g/mol. The Morgan fingerprint density at radius 3 is 2.53 bits per heavy atom. The standard InChI is InChI=1S/C13H11F2NO2S/c14-8-3-1-4-9(15)12(8)10(17)7-16-13(18)11-5-2-6-19-11/h1-6,10,17H,7H2,(H,16,18). The van der Waals surface area contributed by atoms with E-state index in [1.54, 1.807) is 17.5 Å². The molecule has 0 aliphatic rings. The predicted octanol–water partition coefficient (Wildman–Crippen LogP) is 2.49. The molecule has 0 fully saturated rings. The van der Waals surface area contributed by atoms with Crippen LogP contribution in [0.3, 0.4) is 0 Å². The maximum Gasteiger partial charge on any atom is 0.261 e. The fourth-order valence-electron chi connectivity index (χ4n) is 1.62. The number of amides is 1. The molecule has 1 amide bonds. The first kappa shape index (κ1) is 13.6. The van der Waals surface area contributed by atoms with Crippen LogP contribution < -0.4 is 5.32 Å². The molecule has 1 aromatic heterocycles. The summed E-state index contributed by atoms with van der Waals surface area (Å²) in [6.07, 6.45) is -1.43. The number of carbonyl (C=O) groups is 1. The molecule has 6 heteroatoms. The van der Waals surface area contributed by atoms with Gasteiger partial charge in [0.15, 0.2) is 0 Å². The highest BCUT2D eigenvalue weighted by atomic mass is 32.1. The second-order valence-corrected chi connectivity index (χ2v) is 4.79. The third-order valence-corrected chi connectivity index (χ3v) is 3.40. The van der Waals surface area contributed by atoms with E-state index in [4.69, 9.17) is 0 Å². The van der Waals surface area contributed by atoms with Crippen molar-refractivity contribution in [1.82, 2.24) is 5.32 Å². The molecule has 1 unspecified atom stereocenters. The van der Waals surface area contributed by atoms with Crippen LogP contribution in [0.15, 0.2) is 35.7 Å². The number of carbonyl (C=O) groups excluding carboxylic acids is 1. The molecule has 0 saturated carbocycles. The van der Waals surface area contributed by atoms with Crippen molar-refractivity contribution in [2.24, 2.45) is 0 Å². The molecule has 0 aliphatic carbocycles. The minimum atomic E-state index is -1.43. The van der Waals surface area contributed by atoms with Gasteiger partial charge in [-0.1, -0.05) is 12.1 Å². The molecular formula is C13H11F2NO2S. The molecule has 0 radical (unpaired) electrons. The Balaban J connectivity index is 2.02. The molecule has 2 N–H and O–H groups in total. The van der Waals surface area contributed by atoms with Gasteiger partial charge in [0.2, 0.25) is 0 Å². The van der Waals surface area contributed by atoms with E-state index in [1.165, 1.54) is 17.4 Å². The van der Waals surface area contributed by atoms with Crippen LogP contribution in [0.5, 0.6) is 0 Å². The lowest BCUT2D eigenvalue weighted by Gasteiger charge is -2.13. The summed E-state index contributed by atoms with van der Waals surface area (Å²) in [5.41, 5.74) is -0.436. The molecule has 1 heterocycles. The van der Waals surface area contributed by atoms with Crippen LogP contribution in [0, 0.1) is 11.6 Å². The maximum atomic E-state index is 13.4. The third-order valence-electron chi connectivity index (χ3n) is 2.53. The number of aliphatic hydroxyl groups excluding tert-OH is 1. The summed E-state index contributed by atoms with van der Waals surface area (Å²) in [7, 11) is 0. The molecule has 19 heavy (non-hydrogen) atoms. The van der Waals surface area contributed by atoms with Gasteiger partial charge in [0.1, 0.15) is 17.7 Å². The van der Waals surface area contributed by atoms with E-state index in [2.05, 4.69) is 5.32 Å². The van der Waals surface area contributed by atoms with Gasteiger partial charge in [0, 0.05) is 6.54 Å². The molecule has 0 bridgehead atoms. The third kappa shape index (κ3) is 3.15. The van der Waals surface area contributed by atoms with Gasteiger partial charge in [-0.2, -0.15) is 0 Å². The van der Waals surface area contributed by atoms with Crippen molar-refractivity contribution in [2.45, 2.75) is 6.10 Å². The van der Waals surface area contributed by atoms with Crippen molar-refractivity contribution in [2.75, 3.05) is 6.54 Å². The minimum absolute atomic E-state index is 0.255. The predicted molar refractivity (Wildman–Crippen MR) is 68.0 cm³/mol. The zero-order valence-electron chi connectivity index (χ0n) is 9.77. The van der Waals surface area contributed by atoms with Crippen molar-refractivity contribution in [3.8, 4) is 0 Å². The molecule has 1 aromatic carbocycles. The van der Waals surface area contributed by atoms with E-state index in [0.717, 1.165) is 12.1 Å². The van der Waals surface area contributed by atoms with Crippen molar-refractivity contribution >= 4 is 17.2 Å². The lowest BCUT2D eigenvalue weighted by Crippen LogP contribution is -2.28. The maximum absolute atomic E-state index is 13.4. The van der Waals surface area contributed by atoms with Crippen molar-refractivity contribution in [1.29, 1.82) is 0 Å². The molecule has 3 nitrogen and oxygen atoms in total. The number of rotatable bonds is 4. The highest BCUT2D eigenvalue weighted by Gasteiger charge is 2.18. The molecule has 0 saturated heterocycles. The van der Waals surface area contributed by atoms with Gasteiger partial charge in [0.25, 0.3) is 5.91 Å². The van der Waals surface area contributed by atoms with Gasteiger partial charge in [-0.25, -0.2) is 8.78 Å². The first-order valence-electron chi connectivity index (χ1n) is 5.53. The van der Waals surface area contributed by atoms with Gasteiger partial charge < -0.3 is 10.4 Å². The van der Waals surface area contributed by atoms with Crippen LogP contribution >= 0.6 is 11.3 Å². The number of halogens is 2. The summed E-state index contributed by atoms with van der Waals surface area (Å²) >= 11 is 1.24. The first-order chi connectivity index (χ1) is 9.09. The molecule has 0 spiro atoms. The summed E-state index contributed by atoms with van der Waals surface area (Å²) in [6.45, 7) is -0.255. The Hall–Kier alpha value is -1.79. The van der Waals surface area contributed by atoms with E-state index >= 15 is 0 Å². The second kappa shape index (κ2) is 5.90. The van der Waals surface area contributed by atoms with Crippen molar-refractivity contribution in [3.63, 3.8) is 0 Å². The van der Waals surface area contributed by atoms with E-state index in [-0.39, 0.29) is 12.5 Å². The largest absolute Gasteiger partial charge is 0.386 e. The molecule has 1 atom stereocenters. The zero-order valence-corrected chi connectivity index (χ0v) is 10.6. The molecule has 2 aromatic rings. The SMILES string of the molecule is O=C(NCC(O)c1c(F)cccc1F)c1cccs1. The zero-order chi connectivity index (χ0) is 13.8. The number of hydrogen-bond acceptors (Lipinski definition) is 3. The van der Waals surface area contributed by atoms with Crippen LogP contribution in [0.2, 0.25) is 0 Å². The number of aliphatic hydroxyl groups is 1. The van der Waals surface area contributed by atoms with Gasteiger partial charge in [-0.15, -0.1) is 11.3 Å².